The number of thioether (sulfide) groups is 1. The summed E-state index contributed by atoms with van der Waals surface area (Å²) in [5, 5.41) is 3.18. The molecule has 0 aromatic carbocycles. The third-order valence-electron chi connectivity index (χ3n) is 2.91. The van der Waals surface area contributed by atoms with E-state index in [1.165, 1.54) is 38.5 Å². The molecule has 0 saturated carbocycles. The highest BCUT2D eigenvalue weighted by Gasteiger charge is 2.16. The van der Waals surface area contributed by atoms with Gasteiger partial charge < -0.3 is 0 Å². The zero-order valence-electron chi connectivity index (χ0n) is 8.96. The van der Waals surface area contributed by atoms with Crippen LogP contribution >= 0.6 is 11.8 Å². The van der Waals surface area contributed by atoms with Gasteiger partial charge in [0.15, 0.2) is 0 Å². The molecule has 0 aliphatic carbocycles. The largest absolute Gasteiger partial charge is 0.131 e. The molecular weight excluding hydrogens is 176 g/mol. The summed E-state index contributed by atoms with van der Waals surface area (Å²) in [6.07, 6.45) is 10.7. The van der Waals surface area contributed by atoms with Crippen molar-refractivity contribution in [2.24, 2.45) is 5.92 Å². The highest BCUT2D eigenvalue weighted by Crippen LogP contribution is 2.31. The fourth-order valence-electron chi connectivity index (χ4n) is 1.93. The smallest absolute Gasteiger partial charge is 0.0126 e. The van der Waals surface area contributed by atoms with Crippen molar-refractivity contribution in [2.75, 3.05) is 0 Å². The second-order valence-electron chi connectivity index (χ2n) is 4.02. The van der Waals surface area contributed by atoms with Gasteiger partial charge in [-0.2, -0.15) is 0 Å². The van der Waals surface area contributed by atoms with Gasteiger partial charge in [-0.15, -0.1) is 11.8 Å². The minimum atomic E-state index is 0.904. The molecule has 0 nitrogen and oxygen atoms in total. The molecule has 0 spiro atoms. The van der Waals surface area contributed by atoms with E-state index in [0.717, 1.165) is 11.2 Å². The molecular formula is C12H22S. The number of unbranched alkanes of at least 4 members (excludes halogenated alkanes) is 1. The van der Waals surface area contributed by atoms with E-state index in [1.54, 1.807) is 0 Å². The van der Waals surface area contributed by atoms with Crippen molar-refractivity contribution >= 4 is 11.8 Å². The first-order valence-corrected chi connectivity index (χ1v) is 6.61. The Labute approximate surface area is 87.2 Å². The standard InChI is InChI=1S/C12H22S/c1-3-5-7-11(4-2)10-12-8-6-9-13-12/h6,9,11-12H,3-5,7-8,10H2,1-2H3. The van der Waals surface area contributed by atoms with Gasteiger partial charge in [0.25, 0.3) is 0 Å². The second kappa shape index (κ2) is 6.53. The van der Waals surface area contributed by atoms with Gasteiger partial charge in [-0.05, 0) is 24.2 Å². The lowest BCUT2D eigenvalue weighted by atomic mass is 9.93. The first-order chi connectivity index (χ1) is 6.36. The molecule has 2 atom stereocenters. The Bertz CT molecular complexity index is 143. The maximum Gasteiger partial charge on any atom is 0.0126 e. The molecule has 13 heavy (non-hydrogen) atoms. The Hall–Kier alpha value is 0.0900. The summed E-state index contributed by atoms with van der Waals surface area (Å²) in [6, 6.07) is 0. The summed E-state index contributed by atoms with van der Waals surface area (Å²) in [6.45, 7) is 4.63. The fraction of sp³-hybridized carbons (Fsp3) is 0.833. The molecule has 1 heteroatoms. The zero-order chi connectivity index (χ0) is 9.52. The maximum atomic E-state index is 2.34. The Morgan fingerprint density at radius 3 is 2.85 bits per heavy atom. The third-order valence-corrected chi connectivity index (χ3v) is 4.03. The first-order valence-electron chi connectivity index (χ1n) is 5.67. The molecule has 0 N–H and O–H groups in total. The Morgan fingerprint density at radius 1 is 1.46 bits per heavy atom. The van der Waals surface area contributed by atoms with Gasteiger partial charge in [-0.1, -0.05) is 45.6 Å². The van der Waals surface area contributed by atoms with E-state index >= 15 is 0 Å². The van der Waals surface area contributed by atoms with E-state index < -0.39 is 0 Å². The van der Waals surface area contributed by atoms with E-state index in [2.05, 4.69) is 25.3 Å². The topological polar surface area (TPSA) is 0 Å². The lowest BCUT2D eigenvalue weighted by Crippen LogP contribution is -2.07. The maximum absolute atomic E-state index is 2.34. The molecule has 0 aromatic heterocycles. The SMILES string of the molecule is CCCCC(CC)CC1CC=CS1. The molecule has 2 unspecified atom stereocenters. The van der Waals surface area contributed by atoms with Crippen molar-refractivity contribution in [1.29, 1.82) is 0 Å². The fourth-order valence-corrected chi connectivity index (χ4v) is 2.98. The highest BCUT2D eigenvalue weighted by atomic mass is 32.2. The molecule has 0 amide bonds. The molecule has 0 bridgehead atoms. The number of rotatable bonds is 6. The van der Waals surface area contributed by atoms with Crippen LogP contribution in [-0.2, 0) is 0 Å². The van der Waals surface area contributed by atoms with Crippen LogP contribution in [0.3, 0.4) is 0 Å². The van der Waals surface area contributed by atoms with E-state index in [0.29, 0.717) is 0 Å². The monoisotopic (exact) mass is 198 g/mol. The van der Waals surface area contributed by atoms with Gasteiger partial charge in [0.2, 0.25) is 0 Å². The molecule has 0 radical (unpaired) electrons. The summed E-state index contributed by atoms with van der Waals surface area (Å²) < 4.78 is 0. The van der Waals surface area contributed by atoms with Gasteiger partial charge in [0.05, 0.1) is 0 Å². The van der Waals surface area contributed by atoms with Crippen LogP contribution in [0.1, 0.15) is 52.4 Å². The Morgan fingerprint density at radius 2 is 2.31 bits per heavy atom. The van der Waals surface area contributed by atoms with Crippen LogP contribution in [0.15, 0.2) is 11.5 Å². The summed E-state index contributed by atoms with van der Waals surface area (Å²) in [4.78, 5) is 0. The van der Waals surface area contributed by atoms with Crippen molar-refractivity contribution < 1.29 is 0 Å². The van der Waals surface area contributed by atoms with Crippen LogP contribution < -0.4 is 0 Å². The molecule has 0 aromatic rings. The average molecular weight is 198 g/mol. The Balaban J connectivity index is 2.14. The van der Waals surface area contributed by atoms with Gasteiger partial charge in [0.1, 0.15) is 0 Å². The molecule has 1 rings (SSSR count). The summed E-state index contributed by atoms with van der Waals surface area (Å²) >= 11 is 2.04. The van der Waals surface area contributed by atoms with Crippen LogP contribution in [0, 0.1) is 5.92 Å². The molecule has 76 valence electrons. The molecule has 1 aliphatic rings. The normalized spacial score (nSPS) is 23.7. The average Bonchev–Trinajstić information content (AvgIpc) is 2.64. The third kappa shape index (κ3) is 4.21. The number of allylic oxidation sites excluding steroid dienone is 1. The van der Waals surface area contributed by atoms with Crippen LogP contribution in [0.25, 0.3) is 0 Å². The predicted octanol–water partition coefficient (Wildman–Crippen LogP) is 4.61. The molecule has 1 aliphatic heterocycles. The lowest BCUT2D eigenvalue weighted by Gasteiger charge is -2.18. The van der Waals surface area contributed by atoms with Crippen molar-refractivity contribution in [2.45, 2.75) is 57.6 Å². The van der Waals surface area contributed by atoms with E-state index in [1.807, 2.05) is 11.8 Å². The lowest BCUT2D eigenvalue weighted by molar-refractivity contribution is 0.417. The highest BCUT2D eigenvalue weighted by molar-refractivity contribution is 8.03. The van der Waals surface area contributed by atoms with Crippen LogP contribution in [0.4, 0.5) is 0 Å². The van der Waals surface area contributed by atoms with Crippen molar-refractivity contribution in [1.82, 2.24) is 0 Å². The van der Waals surface area contributed by atoms with Crippen molar-refractivity contribution in [3.8, 4) is 0 Å². The van der Waals surface area contributed by atoms with E-state index in [4.69, 9.17) is 0 Å². The quantitative estimate of drug-likeness (QED) is 0.600. The minimum absolute atomic E-state index is 0.904. The minimum Gasteiger partial charge on any atom is -0.131 e. The molecule has 1 heterocycles. The van der Waals surface area contributed by atoms with Crippen LogP contribution in [-0.4, -0.2) is 5.25 Å². The van der Waals surface area contributed by atoms with Crippen molar-refractivity contribution in [3.63, 3.8) is 0 Å². The second-order valence-corrected chi connectivity index (χ2v) is 5.23. The van der Waals surface area contributed by atoms with Gasteiger partial charge in [0, 0.05) is 5.25 Å². The molecule has 0 saturated heterocycles. The Kier molecular flexibility index (Phi) is 5.61. The van der Waals surface area contributed by atoms with Crippen molar-refractivity contribution in [3.05, 3.63) is 11.5 Å². The van der Waals surface area contributed by atoms with Gasteiger partial charge in [-0.25, -0.2) is 0 Å². The van der Waals surface area contributed by atoms with Gasteiger partial charge in [-0.3, -0.25) is 0 Å². The first kappa shape index (κ1) is 11.2. The number of hydrogen-bond acceptors (Lipinski definition) is 1. The van der Waals surface area contributed by atoms with Crippen LogP contribution in [0.5, 0.6) is 0 Å². The van der Waals surface area contributed by atoms with E-state index in [-0.39, 0.29) is 0 Å². The predicted molar refractivity (Wildman–Crippen MR) is 63.1 cm³/mol. The summed E-state index contributed by atoms with van der Waals surface area (Å²) in [5.74, 6) is 0.984. The van der Waals surface area contributed by atoms with Crippen LogP contribution in [0.2, 0.25) is 0 Å². The number of hydrogen-bond donors (Lipinski definition) is 0. The zero-order valence-corrected chi connectivity index (χ0v) is 9.78. The van der Waals surface area contributed by atoms with Gasteiger partial charge >= 0.3 is 0 Å². The molecule has 0 fully saturated rings. The van der Waals surface area contributed by atoms with E-state index in [9.17, 15) is 0 Å². The summed E-state index contributed by atoms with van der Waals surface area (Å²) in [5.41, 5.74) is 0. The summed E-state index contributed by atoms with van der Waals surface area (Å²) in [7, 11) is 0.